The van der Waals surface area contributed by atoms with Crippen molar-refractivity contribution >= 4 is 0 Å². The Kier molecular flexibility index (Phi) is 1.16. The molecule has 1 heteroatoms. The van der Waals surface area contributed by atoms with E-state index in [1.54, 1.807) is 0 Å². The first-order chi connectivity index (χ1) is 3.43. The molecule has 0 fully saturated rings. The predicted molar refractivity (Wildman–Crippen MR) is 29.0 cm³/mol. The molecule has 0 aliphatic rings. The summed E-state index contributed by atoms with van der Waals surface area (Å²) < 4.78 is 0. The lowest BCUT2D eigenvalue weighted by atomic mass is 10.4. The molecule has 0 aliphatic heterocycles. The van der Waals surface area contributed by atoms with Gasteiger partial charge in [0.05, 0.1) is 0 Å². The molecule has 0 amide bonds. The van der Waals surface area contributed by atoms with Crippen LogP contribution in [0, 0.1) is 6.07 Å². The van der Waals surface area contributed by atoms with E-state index in [1.807, 2.05) is 12.3 Å². The minimum atomic E-state index is 1.07. The third-order valence-electron chi connectivity index (χ3n) is 0.979. The second-order valence-electron chi connectivity index (χ2n) is 1.48. The van der Waals surface area contributed by atoms with Gasteiger partial charge in [-0.2, -0.15) is 0 Å². The topological polar surface area (TPSA) is 15.8 Å². The maximum Gasteiger partial charge on any atom is 0.0150 e. The van der Waals surface area contributed by atoms with E-state index in [0.29, 0.717) is 0 Å². The number of hydrogen-bond donors (Lipinski definition) is 1. The molecule has 0 saturated heterocycles. The summed E-state index contributed by atoms with van der Waals surface area (Å²) in [7, 11) is 0. The second-order valence-corrected chi connectivity index (χ2v) is 1.48. The van der Waals surface area contributed by atoms with Crippen LogP contribution in [0.4, 0.5) is 0 Å². The monoisotopic (exact) mass is 94.1 g/mol. The van der Waals surface area contributed by atoms with Crippen molar-refractivity contribution in [3.63, 3.8) is 0 Å². The Morgan fingerprint density at radius 1 is 1.86 bits per heavy atom. The number of aromatic amines is 1. The van der Waals surface area contributed by atoms with Gasteiger partial charge >= 0.3 is 0 Å². The van der Waals surface area contributed by atoms with E-state index in [2.05, 4.69) is 18.0 Å². The van der Waals surface area contributed by atoms with E-state index in [4.69, 9.17) is 0 Å². The average molecular weight is 94.1 g/mol. The fourth-order valence-corrected chi connectivity index (χ4v) is 0.522. The van der Waals surface area contributed by atoms with Crippen LogP contribution in [0.25, 0.3) is 0 Å². The van der Waals surface area contributed by atoms with Crippen LogP contribution in [0.5, 0.6) is 0 Å². The Morgan fingerprint density at radius 2 is 2.71 bits per heavy atom. The van der Waals surface area contributed by atoms with Gasteiger partial charge in [-0.3, -0.25) is 0 Å². The summed E-state index contributed by atoms with van der Waals surface area (Å²) in [4.78, 5) is 3.03. The zero-order valence-corrected chi connectivity index (χ0v) is 4.36. The number of nitrogens with one attached hydrogen (secondary N) is 1. The summed E-state index contributed by atoms with van der Waals surface area (Å²) in [5.41, 5.74) is 1.25. The molecular formula is C6H8N. The van der Waals surface area contributed by atoms with Crippen molar-refractivity contribution in [2.45, 2.75) is 13.3 Å². The number of aromatic nitrogens is 1. The maximum atomic E-state index is 3.03. The van der Waals surface area contributed by atoms with Crippen molar-refractivity contribution in [1.82, 2.24) is 4.98 Å². The van der Waals surface area contributed by atoms with Crippen LogP contribution in [0.1, 0.15) is 12.6 Å². The highest BCUT2D eigenvalue weighted by Crippen LogP contribution is 1.91. The molecule has 0 spiro atoms. The van der Waals surface area contributed by atoms with Gasteiger partial charge in [-0.1, -0.05) is 6.92 Å². The molecule has 1 nitrogen and oxygen atoms in total. The number of H-pyrrole nitrogens is 1. The molecule has 37 valence electrons. The fraction of sp³-hybridized carbons (Fsp3) is 0.333. The average Bonchev–Trinajstić information content (AvgIpc) is 2.14. The first-order valence-corrected chi connectivity index (χ1v) is 2.47. The van der Waals surface area contributed by atoms with Crippen LogP contribution in [0.2, 0.25) is 0 Å². The first kappa shape index (κ1) is 4.44. The van der Waals surface area contributed by atoms with Gasteiger partial charge in [0.1, 0.15) is 0 Å². The summed E-state index contributed by atoms with van der Waals surface area (Å²) in [6.07, 6.45) is 2.89. The lowest BCUT2D eigenvalue weighted by Crippen LogP contribution is -1.73. The van der Waals surface area contributed by atoms with Gasteiger partial charge in [0, 0.05) is 18.0 Å². The molecule has 7 heavy (non-hydrogen) atoms. The third kappa shape index (κ3) is 0.829. The van der Waals surface area contributed by atoms with E-state index in [9.17, 15) is 0 Å². The van der Waals surface area contributed by atoms with Gasteiger partial charge in [0.25, 0.3) is 0 Å². The van der Waals surface area contributed by atoms with Crippen LogP contribution in [-0.4, -0.2) is 4.98 Å². The number of rotatable bonds is 1. The largest absolute Gasteiger partial charge is 0.364 e. The van der Waals surface area contributed by atoms with Gasteiger partial charge < -0.3 is 4.98 Å². The van der Waals surface area contributed by atoms with Crippen molar-refractivity contribution in [3.8, 4) is 0 Å². The lowest BCUT2D eigenvalue weighted by molar-refractivity contribution is 1.06. The lowest BCUT2D eigenvalue weighted by Gasteiger charge is -1.81. The molecule has 0 aliphatic carbocycles. The second kappa shape index (κ2) is 1.82. The fourth-order valence-electron chi connectivity index (χ4n) is 0.522. The van der Waals surface area contributed by atoms with Gasteiger partial charge in [-0.05, 0) is 12.5 Å². The Bertz CT molecular complexity index is 119. The predicted octanol–water partition coefficient (Wildman–Crippen LogP) is 1.38. The van der Waals surface area contributed by atoms with Crippen molar-refractivity contribution in [1.29, 1.82) is 0 Å². The highest BCUT2D eigenvalue weighted by Gasteiger charge is 1.81. The number of hydrogen-bond acceptors (Lipinski definition) is 0. The molecule has 0 saturated carbocycles. The van der Waals surface area contributed by atoms with Gasteiger partial charge in [-0.25, -0.2) is 0 Å². The molecular weight excluding hydrogens is 86.1 g/mol. The van der Waals surface area contributed by atoms with Gasteiger partial charge in [0.15, 0.2) is 0 Å². The van der Waals surface area contributed by atoms with Crippen LogP contribution in [-0.2, 0) is 6.42 Å². The maximum absolute atomic E-state index is 3.03. The van der Waals surface area contributed by atoms with E-state index < -0.39 is 0 Å². The van der Waals surface area contributed by atoms with Crippen molar-refractivity contribution in [2.75, 3.05) is 0 Å². The summed E-state index contributed by atoms with van der Waals surface area (Å²) >= 11 is 0. The summed E-state index contributed by atoms with van der Waals surface area (Å²) in [5, 5.41) is 0. The van der Waals surface area contributed by atoms with Crippen LogP contribution >= 0.6 is 0 Å². The molecule has 0 unspecified atom stereocenters. The molecule has 0 aromatic carbocycles. The van der Waals surface area contributed by atoms with Crippen molar-refractivity contribution in [3.05, 3.63) is 24.0 Å². The van der Waals surface area contributed by atoms with Crippen molar-refractivity contribution < 1.29 is 0 Å². The van der Waals surface area contributed by atoms with Gasteiger partial charge in [-0.15, -0.1) is 0 Å². The minimum Gasteiger partial charge on any atom is -0.364 e. The minimum absolute atomic E-state index is 1.07. The van der Waals surface area contributed by atoms with Crippen LogP contribution < -0.4 is 0 Å². The highest BCUT2D eigenvalue weighted by atomic mass is 14.7. The van der Waals surface area contributed by atoms with E-state index in [1.165, 1.54) is 5.69 Å². The molecule has 1 aromatic rings. The first-order valence-electron chi connectivity index (χ1n) is 2.47. The normalized spacial score (nSPS) is 9.29. The zero-order valence-electron chi connectivity index (χ0n) is 4.36. The quantitative estimate of drug-likeness (QED) is 0.541. The Labute approximate surface area is 43.4 Å². The van der Waals surface area contributed by atoms with Crippen molar-refractivity contribution in [2.24, 2.45) is 0 Å². The molecule has 1 heterocycles. The Hall–Kier alpha value is -0.720. The summed E-state index contributed by atoms with van der Waals surface area (Å²) in [6, 6.07) is 4.88. The summed E-state index contributed by atoms with van der Waals surface area (Å²) in [6.45, 7) is 2.11. The molecule has 1 aromatic heterocycles. The number of aryl methyl sites for hydroxylation is 1. The highest BCUT2D eigenvalue weighted by molar-refractivity contribution is 5.00. The molecule has 1 rings (SSSR count). The van der Waals surface area contributed by atoms with Crippen LogP contribution in [0.3, 0.4) is 0 Å². The SMILES string of the molecule is CCc1c[c]c[nH]1. The van der Waals surface area contributed by atoms with Gasteiger partial charge in [0.2, 0.25) is 0 Å². The zero-order chi connectivity index (χ0) is 5.11. The Balaban J connectivity index is 2.76. The standard InChI is InChI=1S/C6H8N/c1-2-6-4-3-5-7-6/h4-5,7H,2H2,1H3. The molecule has 1 radical (unpaired) electrons. The van der Waals surface area contributed by atoms with E-state index in [0.717, 1.165) is 6.42 Å². The molecule has 0 bridgehead atoms. The van der Waals surface area contributed by atoms with Crippen LogP contribution in [0.15, 0.2) is 12.3 Å². The molecule has 1 N–H and O–H groups in total. The smallest absolute Gasteiger partial charge is 0.0150 e. The van der Waals surface area contributed by atoms with E-state index in [-0.39, 0.29) is 0 Å². The molecule has 0 atom stereocenters. The van der Waals surface area contributed by atoms with E-state index >= 15 is 0 Å². The Morgan fingerprint density at radius 3 is 3.00 bits per heavy atom. The summed E-state index contributed by atoms with van der Waals surface area (Å²) in [5.74, 6) is 0. The third-order valence-corrected chi connectivity index (χ3v) is 0.979.